The number of hydrogen-bond donors (Lipinski definition) is 3. The molecule has 0 aromatic heterocycles. The highest BCUT2D eigenvalue weighted by Gasteiger charge is 2.24. The Morgan fingerprint density at radius 3 is 2.54 bits per heavy atom. The first kappa shape index (κ1) is 19.7. The lowest BCUT2D eigenvalue weighted by Gasteiger charge is -2.23. The van der Waals surface area contributed by atoms with Crippen LogP contribution < -0.4 is 10.6 Å². The third kappa shape index (κ3) is 4.60. The average molecular weight is 384 g/mol. The maximum absolute atomic E-state index is 12.4. The number of urea groups is 1. The summed E-state index contributed by atoms with van der Waals surface area (Å²) in [4.78, 5) is 36.5. The summed E-state index contributed by atoms with van der Waals surface area (Å²) in [6.07, 6.45) is 3.88. The minimum atomic E-state index is -1.18. The summed E-state index contributed by atoms with van der Waals surface area (Å²) in [7, 11) is 0. The lowest BCUT2D eigenvalue weighted by atomic mass is 9.96. The minimum Gasteiger partial charge on any atom is -0.506 e. The third-order valence-electron chi connectivity index (χ3n) is 4.95. The Morgan fingerprint density at radius 2 is 1.79 bits per heavy atom. The van der Waals surface area contributed by atoms with Crippen LogP contribution in [0, 0.1) is 0 Å². The molecule has 3 rings (SSSR count). The zero-order chi connectivity index (χ0) is 20.1. The van der Waals surface area contributed by atoms with Gasteiger partial charge in [0.15, 0.2) is 6.10 Å². The van der Waals surface area contributed by atoms with Crippen LogP contribution in [0.25, 0.3) is 10.8 Å². The molecule has 1 unspecified atom stereocenters. The predicted octanol–water partition coefficient (Wildman–Crippen LogP) is 3.25. The summed E-state index contributed by atoms with van der Waals surface area (Å²) in [6.45, 7) is 1.37. The van der Waals surface area contributed by atoms with Gasteiger partial charge < -0.3 is 15.2 Å². The highest BCUT2D eigenvalue weighted by Crippen LogP contribution is 2.29. The number of nitrogens with one attached hydrogen (secondary N) is 2. The van der Waals surface area contributed by atoms with E-state index in [0.29, 0.717) is 5.39 Å². The van der Waals surface area contributed by atoms with E-state index in [1.54, 1.807) is 18.2 Å². The van der Waals surface area contributed by atoms with Crippen molar-refractivity contribution in [3.8, 4) is 5.75 Å². The van der Waals surface area contributed by atoms with Gasteiger partial charge >= 0.3 is 12.0 Å². The number of amides is 3. The lowest BCUT2D eigenvalue weighted by molar-refractivity contribution is -0.127. The van der Waals surface area contributed by atoms with E-state index in [9.17, 15) is 19.5 Å². The van der Waals surface area contributed by atoms with Gasteiger partial charge in [-0.05, 0) is 31.2 Å². The summed E-state index contributed by atoms with van der Waals surface area (Å²) >= 11 is 0. The van der Waals surface area contributed by atoms with Gasteiger partial charge in [0.25, 0.3) is 5.91 Å². The van der Waals surface area contributed by atoms with Crippen molar-refractivity contribution in [1.82, 2.24) is 10.6 Å². The molecule has 28 heavy (non-hydrogen) atoms. The van der Waals surface area contributed by atoms with Crippen LogP contribution in [0.4, 0.5) is 4.79 Å². The molecule has 1 atom stereocenters. The predicted molar refractivity (Wildman–Crippen MR) is 104 cm³/mol. The summed E-state index contributed by atoms with van der Waals surface area (Å²) in [5, 5.41) is 16.6. The topological polar surface area (TPSA) is 105 Å². The maximum Gasteiger partial charge on any atom is 0.342 e. The van der Waals surface area contributed by atoms with Crippen molar-refractivity contribution in [3.63, 3.8) is 0 Å². The van der Waals surface area contributed by atoms with E-state index in [2.05, 4.69) is 10.6 Å². The summed E-state index contributed by atoms with van der Waals surface area (Å²) in [5.41, 5.74) is -0.0370. The van der Waals surface area contributed by atoms with E-state index in [-0.39, 0.29) is 17.4 Å². The van der Waals surface area contributed by atoms with Gasteiger partial charge in [-0.15, -0.1) is 0 Å². The number of phenolic OH excluding ortho intramolecular Hbond substituents is 1. The molecule has 1 saturated carbocycles. The Labute approximate surface area is 163 Å². The molecule has 148 valence electrons. The highest BCUT2D eigenvalue weighted by atomic mass is 16.5. The molecular formula is C21H24N2O5. The van der Waals surface area contributed by atoms with Crippen molar-refractivity contribution in [2.24, 2.45) is 0 Å². The minimum absolute atomic E-state index is 0.0370. The number of carbonyl (C=O) groups is 3. The second-order valence-corrected chi connectivity index (χ2v) is 7.03. The Balaban J connectivity index is 1.58. The first-order chi connectivity index (χ1) is 13.5. The fourth-order valence-corrected chi connectivity index (χ4v) is 3.38. The number of aromatic hydroxyl groups is 1. The largest absolute Gasteiger partial charge is 0.506 e. The van der Waals surface area contributed by atoms with Crippen LogP contribution >= 0.6 is 0 Å². The molecule has 0 spiro atoms. The van der Waals surface area contributed by atoms with Crippen molar-refractivity contribution < 1.29 is 24.2 Å². The molecule has 1 aliphatic rings. The second-order valence-electron chi connectivity index (χ2n) is 7.03. The monoisotopic (exact) mass is 384 g/mol. The number of benzene rings is 2. The van der Waals surface area contributed by atoms with Gasteiger partial charge in [0.05, 0.1) is 0 Å². The standard InChI is InChI=1S/C21H24N2O5/c1-13(19(25)23-21(27)22-15-8-3-2-4-9-15)28-20(26)17-12-11-14-7-5-6-10-16(14)18(17)24/h5-7,10-13,15,24H,2-4,8-9H2,1H3,(H2,22,23,25,27). The van der Waals surface area contributed by atoms with Gasteiger partial charge in [0.2, 0.25) is 0 Å². The van der Waals surface area contributed by atoms with Crippen molar-refractivity contribution in [2.75, 3.05) is 0 Å². The first-order valence-corrected chi connectivity index (χ1v) is 9.49. The van der Waals surface area contributed by atoms with E-state index >= 15 is 0 Å². The van der Waals surface area contributed by atoms with Crippen LogP contribution in [-0.2, 0) is 9.53 Å². The van der Waals surface area contributed by atoms with Gasteiger partial charge in [-0.3, -0.25) is 10.1 Å². The molecular weight excluding hydrogens is 360 g/mol. The zero-order valence-electron chi connectivity index (χ0n) is 15.7. The smallest absolute Gasteiger partial charge is 0.342 e. The van der Waals surface area contributed by atoms with E-state index in [0.717, 1.165) is 37.5 Å². The molecule has 3 N–H and O–H groups in total. The van der Waals surface area contributed by atoms with Crippen molar-refractivity contribution in [1.29, 1.82) is 0 Å². The van der Waals surface area contributed by atoms with Gasteiger partial charge in [0.1, 0.15) is 11.3 Å². The van der Waals surface area contributed by atoms with Crippen LogP contribution in [0.3, 0.4) is 0 Å². The number of ether oxygens (including phenoxy) is 1. The Morgan fingerprint density at radius 1 is 1.07 bits per heavy atom. The van der Waals surface area contributed by atoms with E-state index < -0.39 is 24.0 Å². The SMILES string of the molecule is CC(OC(=O)c1ccc2ccccc2c1O)C(=O)NC(=O)NC1CCCCC1. The highest BCUT2D eigenvalue weighted by molar-refractivity contribution is 6.03. The Hall–Kier alpha value is -3.09. The molecule has 7 heteroatoms. The van der Waals surface area contributed by atoms with Gasteiger partial charge in [-0.25, -0.2) is 9.59 Å². The molecule has 2 aromatic rings. The van der Waals surface area contributed by atoms with Gasteiger partial charge in [0, 0.05) is 11.4 Å². The van der Waals surface area contributed by atoms with Crippen LogP contribution in [0.2, 0.25) is 0 Å². The summed E-state index contributed by atoms with van der Waals surface area (Å²) in [5.74, 6) is -1.76. The van der Waals surface area contributed by atoms with Crippen molar-refractivity contribution in [2.45, 2.75) is 51.2 Å². The zero-order valence-corrected chi connectivity index (χ0v) is 15.7. The molecule has 7 nitrogen and oxygen atoms in total. The summed E-state index contributed by atoms with van der Waals surface area (Å²) < 4.78 is 5.13. The van der Waals surface area contributed by atoms with Gasteiger partial charge in [-0.2, -0.15) is 0 Å². The number of imide groups is 1. The van der Waals surface area contributed by atoms with Crippen LogP contribution in [0.5, 0.6) is 5.75 Å². The van der Waals surface area contributed by atoms with Crippen LogP contribution in [0.1, 0.15) is 49.4 Å². The Bertz CT molecular complexity index is 889. The summed E-state index contributed by atoms with van der Waals surface area (Å²) in [6, 6.07) is 9.68. The molecule has 0 aliphatic heterocycles. The van der Waals surface area contributed by atoms with Gasteiger partial charge in [-0.1, -0.05) is 49.6 Å². The average Bonchev–Trinajstić information content (AvgIpc) is 2.69. The fraction of sp³-hybridized carbons (Fsp3) is 0.381. The lowest BCUT2D eigenvalue weighted by Crippen LogP contribution is -2.48. The van der Waals surface area contributed by atoms with Crippen LogP contribution in [0.15, 0.2) is 36.4 Å². The maximum atomic E-state index is 12.4. The van der Waals surface area contributed by atoms with Crippen molar-refractivity contribution >= 4 is 28.7 Å². The van der Waals surface area contributed by atoms with Crippen molar-refractivity contribution in [3.05, 3.63) is 42.0 Å². The molecule has 0 bridgehead atoms. The number of hydrogen-bond acceptors (Lipinski definition) is 5. The third-order valence-corrected chi connectivity index (χ3v) is 4.95. The number of esters is 1. The molecule has 0 heterocycles. The molecule has 1 aliphatic carbocycles. The number of phenols is 1. The van der Waals surface area contributed by atoms with E-state index in [1.807, 2.05) is 12.1 Å². The first-order valence-electron chi connectivity index (χ1n) is 9.49. The molecule has 0 saturated heterocycles. The quantitative estimate of drug-likeness (QED) is 0.702. The fourth-order valence-electron chi connectivity index (χ4n) is 3.38. The van der Waals surface area contributed by atoms with Crippen LogP contribution in [-0.4, -0.2) is 35.2 Å². The number of carbonyl (C=O) groups excluding carboxylic acids is 3. The van der Waals surface area contributed by atoms with E-state index in [1.165, 1.54) is 13.0 Å². The number of rotatable bonds is 4. The second kappa shape index (κ2) is 8.73. The number of fused-ring (bicyclic) bond motifs is 1. The molecule has 0 radical (unpaired) electrons. The Kier molecular flexibility index (Phi) is 6.13. The molecule has 2 aromatic carbocycles. The molecule has 3 amide bonds. The normalized spacial score (nSPS) is 15.6. The van der Waals surface area contributed by atoms with E-state index in [4.69, 9.17) is 4.74 Å². The molecule has 1 fully saturated rings.